The van der Waals surface area contributed by atoms with Crippen molar-refractivity contribution in [1.82, 2.24) is 10.2 Å². The molecule has 2 unspecified atom stereocenters. The first-order valence-corrected chi connectivity index (χ1v) is 7.24. The van der Waals surface area contributed by atoms with Gasteiger partial charge in [0.05, 0.1) is 13.0 Å². The largest absolute Gasteiger partial charge is 0.469 e. The van der Waals surface area contributed by atoms with E-state index in [1.165, 1.54) is 13.5 Å². The third-order valence-electron chi connectivity index (χ3n) is 3.99. The van der Waals surface area contributed by atoms with Crippen LogP contribution < -0.4 is 5.32 Å². The quantitative estimate of drug-likeness (QED) is 0.799. The molecule has 4 heteroatoms. The average Bonchev–Trinajstić information content (AvgIpc) is 2.93. The Hall–Kier alpha value is -1.39. The van der Waals surface area contributed by atoms with Gasteiger partial charge in [0.2, 0.25) is 0 Å². The molecule has 4 nitrogen and oxygen atoms in total. The predicted molar refractivity (Wildman–Crippen MR) is 79.7 cm³/mol. The SMILES string of the molecule is CNCC1CCN(CC(C(=O)OC)c2ccccc2)C1. The average molecular weight is 276 g/mol. The summed E-state index contributed by atoms with van der Waals surface area (Å²) in [5.74, 6) is 0.358. The van der Waals surface area contributed by atoms with Crippen LogP contribution >= 0.6 is 0 Å². The van der Waals surface area contributed by atoms with Gasteiger partial charge in [-0.05, 0) is 38.0 Å². The van der Waals surface area contributed by atoms with Crippen molar-refractivity contribution in [2.45, 2.75) is 12.3 Å². The minimum absolute atomic E-state index is 0.145. The monoisotopic (exact) mass is 276 g/mol. The lowest BCUT2D eigenvalue weighted by Gasteiger charge is -2.22. The van der Waals surface area contributed by atoms with Gasteiger partial charge in [-0.3, -0.25) is 4.79 Å². The topological polar surface area (TPSA) is 41.6 Å². The van der Waals surface area contributed by atoms with Crippen molar-refractivity contribution in [3.8, 4) is 0 Å². The van der Waals surface area contributed by atoms with Gasteiger partial charge in [-0.25, -0.2) is 0 Å². The van der Waals surface area contributed by atoms with Gasteiger partial charge in [0.1, 0.15) is 0 Å². The van der Waals surface area contributed by atoms with Gasteiger partial charge in [0, 0.05) is 13.1 Å². The number of ether oxygens (including phenoxy) is 1. The number of likely N-dealkylation sites (tertiary alicyclic amines) is 1. The first-order valence-electron chi connectivity index (χ1n) is 7.24. The number of methoxy groups -OCH3 is 1. The van der Waals surface area contributed by atoms with Crippen molar-refractivity contribution in [3.05, 3.63) is 35.9 Å². The van der Waals surface area contributed by atoms with Crippen LogP contribution in [0, 0.1) is 5.92 Å². The Morgan fingerprint density at radius 3 is 2.85 bits per heavy atom. The molecule has 0 radical (unpaired) electrons. The molecule has 1 N–H and O–H groups in total. The Morgan fingerprint density at radius 2 is 2.20 bits per heavy atom. The lowest BCUT2D eigenvalue weighted by molar-refractivity contribution is -0.142. The molecule has 110 valence electrons. The van der Waals surface area contributed by atoms with Crippen molar-refractivity contribution in [3.63, 3.8) is 0 Å². The molecule has 0 bridgehead atoms. The van der Waals surface area contributed by atoms with Crippen molar-refractivity contribution in [2.75, 3.05) is 40.3 Å². The summed E-state index contributed by atoms with van der Waals surface area (Å²) in [6.07, 6.45) is 1.20. The first kappa shape index (κ1) is 15.0. The molecule has 2 atom stereocenters. The van der Waals surface area contributed by atoms with E-state index in [-0.39, 0.29) is 11.9 Å². The highest BCUT2D eigenvalue weighted by atomic mass is 16.5. The number of benzene rings is 1. The molecular formula is C16H24N2O2. The molecule has 0 amide bonds. The van der Waals surface area contributed by atoms with Gasteiger partial charge in [0.25, 0.3) is 0 Å². The number of hydrogen-bond acceptors (Lipinski definition) is 4. The maximum absolute atomic E-state index is 12.0. The van der Waals surface area contributed by atoms with E-state index in [2.05, 4.69) is 10.2 Å². The van der Waals surface area contributed by atoms with Crippen molar-refractivity contribution >= 4 is 5.97 Å². The molecule has 1 heterocycles. The van der Waals surface area contributed by atoms with Crippen molar-refractivity contribution < 1.29 is 9.53 Å². The summed E-state index contributed by atoms with van der Waals surface area (Å²) in [7, 11) is 3.45. The minimum atomic E-state index is -0.186. The second-order valence-corrected chi connectivity index (χ2v) is 5.46. The van der Waals surface area contributed by atoms with Crippen LogP contribution in [0.4, 0.5) is 0 Å². The standard InChI is InChI=1S/C16H24N2O2/c1-17-10-13-8-9-18(11-13)12-15(16(19)20-2)14-6-4-3-5-7-14/h3-7,13,15,17H,8-12H2,1-2H3. The zero-order chi connectivity index (χ0) is 14.4. The second-order valence-electron chi connectivity index (χ2n) is 5.46. The number of hydrogen-bond donors (Lipinski definition) is 1. The molecule has 0 aromatic heterocycles. The summed E-state index contributed by atoms with van der Waals surface area (Å²) >= 11 is 0. The van der Waals surface area contributed by atoms with Gasteiger partial charge >= 0.3 is 5.97 Å². The van der Waals surface area contributed by atoms with E-state index in [1.54, 1.807) is 0 Å². The van der Waals surface area contributed by atoms with E-state index in [1.807, 2.05) is 37.4 Å². The summed E-state index contributed by atoms with van der Waals surface area (Å²) in [4.78, 5) is 14.4. The molecule has 1 aliphatic rings. The van der Waals surface area contributed by atoms with Gasteiger partial charge < -0.3 is 15.0 Å². The van der Waals surface area contributed by atoms with Crippen LogP contribution in [0.25, 0.3) is 0 Å². The Balaban J connectivity index is 2.01. The fourth-order valence-corrected chi connectivity index (χ4v) is 2.94. The highest BCUT2D eigenvalue weighted by molar-refractivity contribution is 5.78. The van der Waals surface area contributed by atoms with E-state index in [0.717, 1.165) is 31.7 Å². The first-order chi connectivity index (χ1) is 9.74. The minimum Gasteiger partial charge on any atom is -0.469 e. The summed E-state index contributed by atoms with van der Waals surface area (Å²) < 4.78 is 4.97. The highest BCUT2D eigenvalue weighted by Gasteiger charge is 2.28. The van der Waals surface area contributed by atoms with Gasteiger partial charge in [-0.1, -0.05) is 30.3 Å². The smallest absolute Gasteiger partial charge is 0.314 e. The van der Waals surface area contributed by atoms with Crippen LogP contribution in [0.15, 0.2) is 30.3 Å². The normalized spacial score (nSPS) is 20.8. The molecule has 1 saturated heterocycles. The zero-order valence-electron chi connectivity index (χ0n) is 12.3. The number of nitrogens with one attached hydrogen (secondary N) is 1. The molecule has 0 aliphatic carbocycles. The molecule has 1 aromatic rings. The molecule has 0 saturated carbocycles. The van der Waals surface area contributed by atoms with Crippen LogP contribution in [-0.2, 0) is 9.53 Å². The summed E-state index contributed by atoms with van der Waals surface area (Å²) in [5.41, 5.74) is 1.04. The molecule has 1 aliphatic heterocycles. The van der Waals surface area contributed by atoms with E-state index in [0.29, 0.717) is 5.92 Å². The van der Waals surface area contributed by atoms with Crippen LogP contribution in [-0.4, -0.2) is 51.2 Å². The maximum atomic E-state index is 12.0. The zero-order valence-corrected chi connectivity index (χ0v) is 12.3. The lowest BCUT2D eigenvalue weighted by atomic mass is 9.98. The fraction of sp³-hybridized carbons (Fsp3) is 0.562. The summed E-state index contributed by atoms with van der Waals surface area (Å²) in [5, 5.41) is 3.23. The highest BCUT2D eigenvalue weighted by Crippen LogP contribution is 2.23. The third-order valence-corrected chi connectivity index (χ3v) is 3.99. The van der Waals surface area contributed by atoms with E-state index < -0.39 is 0 Å². The lowest BCUT2D eigenvalue weighted by Crippen LogP contribution is -2.32. The third kappa shape index (κ3) is 3.81. The number of esters is 1. The van der Waals surface area contributed by atoms with Crippen LogP contribution in [0.2, 0.25) is 0 Å². The summed E-state index contributed by atoms with van der Waals surface area (Å²) in [6, 6.07) is 9.92. The Morgan fingerprint density at radius 1 is 1.45 bits per heavy atom. The van der Waals surface area contributed by atoms with Crippen LogP contribution in [0.5, 0.6) is 0 Å². The fourth-order valence-electron chi connectivity index (χ4n) is 2.94. The predicted octanol–water partition coefficient (Wildman–Crippen LogP) is 1.48. The molecular weight excluding hydrogens is 252 g/mol. The van der Waals surface area contributed by atoms with Gasteiger partial charge in [-0.2, -0.15) is 0 Å². The van der Waals surface area contributed by atoms with Gasteiger partial charge in [-0.15, -0.1) is 0 Å². The molecule has 0 spiro atoms. The maximum Gasteiger partial charge on any atom is 0.314 e. The Labute approximate surface area is 121 Å². The number of carbonyl (C=O) groups is 1. The van der Waals surface area contributed by atoms with E-state index in [4.69, 9.17) is 4.74 Å². The van der Waals surface area contributed by atoms with Crippen molar-refractivity contribution in [1.29, 1.82) is 0 Å². The molecule has 2 rings (SSSR count). The van der Waals surface area contributed by atoms with Gasteiger partial charge in [0.15, 0.2) is 0 Å². The Kier molecular flexibility index (Phi) is 5.56. The second kappa shape index (κ2) is 7.41. The Bertz CT molecular complexity index is 422. The number of rotatable bonds is 6. The van der Waals surface area contributed by atoms with Crippen LogP contribution in [0.3, 0.4) is 0 Å². The number of nitrogens with zero attached hydrogens (tertiary/aromatic N) is 1. The van der Waals surface area contributed by atoms with Crippen LogP contribution in [0.1, 0.15) is 17.9 Å². The van der Waals surface area contributed by atoms with E-state index >= 15 is 0 Å². The molecule has 1 fully saturated rings. The van der Waals surface area contributed by atoms with E-state index in [9.17, 15) is 4.79 Å². The molecule has 1 aromatic carbocycles. The van der Waals surface area contributed by atoms with Crippen molar-refractivity contribution in [2.24, 2.45) is 5.92 Å². The summed E-state index contributed by atoms with van der Waals surface area (Å²) in [6.45, 7) is 3.91. The number of carbonyl (C=O) groups excluding carboxylic acids is 1. The molecule has 20 heavy (non-hydrogen) atoms.